The molecule has 6 heteroatoms. The zero-order valence-corrected chi connectivity index (χ0v) is 11.7. The van der Waals surface area contributed by atoms with Crippen LogP contribution in [0.4, 0.5) is 0 Å². The molecule has 1 aromatic carbocycles. The van der Waals surface area contributed by atoms with Crippen LogP contribution >= 0.6 is 0 Å². The minimum atomic E-state index is -0.870. The van der Waals surface area contributed by atoms with Gasteiger partial charge < -0.3 is 21.3 Å². The van der Waals surface area contributed by atoms with Gasteiger partial charge in [-0.3, -0.25) is 9.59 Å². The Labute approximate surface area is 123 Å². The van der Waals surface area contributed by atoms with Crippen molar-refractivity contribution in [2.45, 2.75) is 37.8 Å². The largest absolute Gasteiger partial charge is 0.508 e. The Hall–Kier alpha value is -2.08. The minimum Gasteiger partial charge on any atom is -0.508 e. The number of hydrogen-bond acceptors (Lipinski definition) is 4. The highest BCUT2D eigenvalue weighted by molar-refractivity contribution is 5.83. The number of aromatic hydroxyl groups is 1. The summed E-state index contributed by atoms with van der Waals surface area (Å²) in [6.07, 6.45) is 2.41. The van der Waals surface area contributed by atoms with Gasteiger partial charge in [-0.1, -0.05) is 18.6 Å². The summed E-state index contributed by atoms with van der Waals surface area (Å²) in [6, 6.07) is 5.43. The van der Waals surface area contributed by atoms with Crippen molar-refractivity contribution >= 4 is 11.9 Å². The lowest BCUT2D eigenvalue weighted by atomic mass is 10.0. The van der Waals surface area contributed by atoms with Crippen LogP contribution in [0, 0.1) is 5.92 Å². The first-order valence-corrected chi connectivity index (χ1v) is 7.04. The summed E-state index contributed by atoms with van der Waals surface area (Å²) in [5, 5.41) is 21.0. The van der Waals surface area contributed by atoms with Crippen molar-refractivity contribution in [3.05, 3.63) is 29.8 Å². The smallest absolute Gasteiger partial charge is 0.308 e. The average molecular weight is 292 g/mol. The first kappa shape index (κ1) is 15.3. The molecule has 0 saturated heterocycles. The van der Waals surface area contributed by atoms with Crippen LogP contribution in [-0.2, 0) is 16.0 Å². The van der Waals surface area contributed by atoms with E-state index in [9.17, 15) is 14.7 Å². The molecule has 1 fully saturated rings. The summed E-state index contributed by atoms with van der Waals surface area (Å²) in [7, 11) is 0. The third-order valence-electron chi connectivity index (χ3n) is 3.89. The molecule has 1 aliphatic rings. The molecule has 3 atom stereocenters. The number of hydrogen-bond donors (Lipinski definition) is 4. The van der Waals surface area contributed by atoms with Crippen LogP contribution in [0.1, 0.15) is 24.8 Å². The van der Waals surface area contributed by atoms with E-state index in [1.165, 1.54) is 12.1 Å². The molecule has 0 bridgehead atoms. The molecular formula is C15H20N2O4. The van der Waals surface area contributed by atoms with Gasteiger partial charge in [0, 0.05) is 6.04 Å². The normalized spacial score (nSPS) is 22.7. The van der Waals surface area contributed by atoms with Gasteiger partial charge in [0.05, 0.1) is 12.0 Å². The van der Waals surface area contributed by atoms with Crippen LogP contribution in [0.3, 0.4) is 0 Å². The number of carboxylic acid groups (broad SMARTS) is 1. The van der Waals surface area contributed by atoms with Gasteiger partial charge in [-0.2, -0.15) is 0 Å². The van der Waals surface area contributed by atoms with Gasteiger partial charge in [0.1, 0.15) is 5.75 Å². The predicted octanol–water partition coefficient (Wildman–Crippen LogP) is 0.631. The molecule has 0 aromatic heterocycles. The second-order valence-electron chi connectivity index (χ2n) is 5.47. The van der Waals surface area contributed by atoms with E-state index in [1.807, 2.05) is 0 Å². The van der Waals surface area contributed by atoms with Crippen LogP contribution in [0.25, 0.3) is 0 Å². The highest BCUT2D eigenvalue weighted by Crippen LogP contribution is 2.25. The number of phenolic OH excluding ortho intramolecular Hbond substituents is 1. The summed E-state index contributed by atoms with van der Waals surface area (Å²) < 4.78 is 0. The van der Waals surface area contributed by atoms with Gasteiger partial charge in [0.25, 0.3) is 0 Å². The summed E-state index contributed by atoms with van der Waals surface area (Å²) in [6.45, 7) is 0. The highest BCUT2D eigenvalue weighted by Gasteiger charge is 2.34. The maximum Gasteiger partial charge on any atom is 0.308 e. The van der Waals surface area contributed by atoms with Crippen molar-refractivity contribution in [3.8, 4) is 5.75 Å². The number of carbonyl (C=O) groups excluding carboxylic acids is 1. The lowest BCUT2D eigenvalue weighted by Gasteiger charge is -2.20. The van der Waals surface area contributed by atoms with Crippen molar-refractivity contribution in [1.82, 2.24) is 5.32 Å². The number of nitrogens with one attached hydrogen (secondary N) is 1. The number of aliphatic carboxylic acids is 1. The van der Waals surface area contributed by atoms with Crippen LogP contribution in [0.2, 0.25) is 0 Å². The Kier molecular flexibility index (Phi) is 4.80. The Morgan fingerprint density at radius 1 is 1.29 bits per heavy atom. The Morgan fingerprint density at radius 2 is 1.95 bits per heavy atom. The van der Waals surface area contributed by atoms with Crippen molar-refractivity contribution in [2.24, 2.45) is 11.7 Å². The molecule has 114 valence electrons. The van der Waals surface area contributed by atoms with Crippen molar-refractivity contribution in [1.29, 1.82) is 0 Å². The van der Waals surface area contributed by atoms with Crippen molar-refractivity contribution in [2.75, 3.05) is 0 Å². The fourth-order valence-electron chi connectivity index (χ4n) is 2.70. The maximum atomic E-state index is 12.1. The van der Waals surface area contributed by atoms with Crippen molar-refractivity contribution < 1.29 is 19.8 Å². The third kappa shape index (κ3) is 3.95. The van der Waals surface area contributed by atoms with E-state index >= 15 is 0 Å². The Balaban J connectivity index is 1.90. The van der Waals surface area contributed by atoms with E-state index in [-0.39, 0.29) is 17.7 Å². The maximum absolute atomic E-state index is 12.1. The van der Waals surface area contributed by atoms with Crippen LogP contribution in [-0.4, -0.2) is 34.2 Å². The van der Waals surface area contributed by atoms with Gasteiger partial charge in [0.15, 0.2) is 0 Å². The van der Waals surface area contributed by atoms with E-state index < -0.39 is 17.9 Å². The SMILES string of the molecule is N[C@@H](Cc1ccc(O)cc1)C(=O)NC1CCCC1C(=O)O. The average Bonchev–Trinajstić information content (AvgIpc) is 2.89. The molecule has 1 amide bonds. The van der Waals surface area contributed by atoms with Crippen LogP contribution in [0.15, 0.2) is 24.3 Å². The molecule has 21 heavy (non-hydrogen) atoms. The summed E-state index contributed by atoms with van der Waals surface area (Å²) >= 11 is 0. The molecule has 1 aromatic rings. The first-order chi connectivity index (χ1) is 9.97. The number of phenols is 1. The molecule has 2 rings (SSSR count). The van der Waals surface area contributed by atoms with Crippen LogP contribution in [0.5, 0.6) is 5.75 Å². The van der Waals surface area contributed by atoms with E-state index in [4.69, 9.17) is 10.8 Å². The Bertz CT molecular complexity index is 515. The first-order valence-electron chi connectivity index (χ1n) is 7.04. The number of nitrogens with two attached hydrogens (primary N) is 1. The van der Waals surface area contributed by atoms with E-state index in [2.05, 4.69) is 5.32 Å². The molecule has 1 aliphatic carbocycles. The third-order valence-corrected chi connectivity index (χ3v) is 3.89. The molecule has 5 N–H and O–H groups in total. The summed E-state index contributed by atoms with van der Waals surface area (Å²) in [5.41, 5.74) is 6.71. The predicted molar refractivity (Wildman–Crippen MR) is 76.7 cm³/mol. The quantitative estimate of drug-likeness (QED) is 0.636. The second kappa shape index (κ2) is 6.58. The van der Waals surface area contributed by atoms with Crippen LogP contribution < -0.4 is 11.1 Å². The number of benzene rings is 1. The van der Waals surface area contributed by atoms with Gasteiger partial charge in [-0.25, -0.2) is 0 Å². The molecule has 2 unspecified atom stereocenters. The highest BCUT2D eigenvalue weighted by atomic mass is 16.4. The standard InChI is InChI=1S/C15H20N2O4/c16-12(8-9-4-6-10(18)7-5-9)14(19)17-13-3-1-2-11(13)15(20)21/h4-7,11-13,18H,1-3,8,16H2,(H,17,19)(H,20,21)/t11?,12-,13?/m0/s1. The van der Waals surface area contributed by atoms with E-state index in [0.29, 0.717) is 19.3 Å². The topological polar surface area (TPSA) is 113 Å². The van der Waals surface area contributed by atoms with Gasteiger partial charge in [-0.05, 0) is 37.0 Å². The molecular weight excluding hydrogens is 272 g/mol. The number of amides is 1. The van der Waals surface area contributed by atoms with E-state index in [1.54, 1.807) is 12.1 Å². The molecule has 6 nitrogen and oxygen atoms in total. The number of rotatable bonds is 5. The fraction of sp³-hybridized carbons (Fsp3) is 0.467. The fourth-order valence-corrected chi connectivity index (χ4v) is 2.70. The van der Waals surface area contributed by atoms with Crippen molar-refractivity contribution in [3.63, 3.8) is 0 Å². The minimum absolute atomic E-state index is 0.159. The molecule has 0 aliphatic heterocycles. The summed E-state index contributed by atoms with van der Waals surface area (Å²) in [5.74, 6) is -1.56. The zero-order chi connectivity index (χ0) is 15.4. The molecule has 0 radical (unpaired) electrons. The van der Waals surface area contributed by atoms with Gasteiger partial charge in [0.2, 0.25) is 5.91 Å². The summed E-state index contributed by atoms with van der Waals surface area (Å²) in [4.78, 5) is 23.1. The molecule has 0 heterocycles. The monoisotopic (exact) mass is 292 g/mol. The lowest BCUT2D eigenvalue weighted by Crippen LogP contribution is -2.48. The molecule has 0 spiro atoms. The van der Waals surface area contributed by atoms with Gasteiger partial charge in [-0.15, -0.1) is 0 Å². The van der Waals surface area contributed by atoms with Gasteiger partial charge >= 0.3 is 5.97 Å². The number of carbonyl (C=O) groups is 2. The second-order valence-corrected chi connectivity index (χ2v) is 5.47. The number of carboxylic acids is 1. The zero-order valence-electron chi connectivity index (χ0n) is 11.7. The lowest BCUT2D eigenvalue weighted by molar-refractivity contribution is -0.142. The molecule has 1 saturated carbocycles. The Morgan fingerprint density at radius 3 is 2.57 bits per heavy atom. The van der Waals surface area contributed by atoms with E-state index in [0.717, 1.165) is 12.0 Å².